The van der Waals surface area contributed by atoms with Gasteiger partial charge in [-0.2, -0.15) is 0 Å². The van der Waals surface area contributed by atoms with Gasteiger partial charge in [0.2, 0.25) is 5.50 Å². The molecule has 4 nitrogen and oxygen atoms in total. The molecule has 0 atom stereocenters. The van der Waals surface area contributed by atoms with Crippen LogP contribution in [0.15, 0.2) is 34.9 Å². The monoisotopic (exact) mass is 300 g/mol. The zero-order valence-electron chi connectivity index (χ0n) is 10.8. The Morgan fingerprint density at radius 1 is 1.16 bits per heavy atom. The van der Waals surface area contributed by atoms with E-state index < -0.39 is 7.60 Å². The Morgan fingerprint density at radius 3 is 2.26 bits per heavy atom. The Kier molecular flexibility index (Phi) is 4.16. The van der Waals surface area contributed by atoms with Crippen LogP contribution < -0.4 is 5.50 Å². The molecule has 0 bridgehead atoms. The lowest BCUT2D eigenvalue weighted by atomic mass is 10.1. The zero-order chi connectivity index (χ0) is 14.0. The molecule has 0 aliphatic heterocycles. The molecule has 6 heteroatoms. The Labute approximate surface area is 116 Å². The predicted octanol–water partition coefficient (Wildman–Crippen LogP) is 4.02. The largest absolute Gasteiger partial charge is 0.455 e. The quantitative estimate of drug-likeness (QED) is 0.800. The average molecular weight is 301 g/mol. The molecule has 19 heavy (non-hydrogen) atoms. The van der Waals surface area contributed by atoms with Crippen LogP contribution in [0.25, 0.3) is 11.1 Å². The highest BCUT2D eigenvalue weighted by atomic mass is 35.5. The van der Waals surface area contributed by atoms with E-state index in [1.165, 1.54) is 14.2 Å². The van der Waals surface area contributed by atoms with E-state index in [4.69, 9.17) is 25.1 Å². The number of halogens is 1. The minimum absolute atomic E-state index is 0.224. The summed E-state index contributed by atoms with van der Waals surface area (Å²) in [6.45, 7) is 1.81. The molecular weight excluding hydrogens is 287 g/mol. The first-order valence-corrected chi connectivity index (χ1v) is 7.50. The lowest BCUT2D eigenvalue weighted by Gasteiger charge is -2.11. The maximum Gasteiger partial charge on any atom is 0.396 e. The summed E-state index contributed by atoms with van der Waals surface area (Å²) >= 11 is 5.85. The lowest BCUT2D eigenvalue weighted by molar-refractivity contribution is 0.281. The van der Waals surface area contributed by atoms with Gasteiger partial charge in [0.25, 0.3) is 0 Å². The third kappa shape index (κ3) is 2.63. The van der Waals surface area contributed by atoms with Gasteiger partial charge in [-0.25, -0.2) is 0 Å². The van der Waals surface area contributed by atoms with Gasteiger partial charge in [0.05, 0.1) is 6.26 Å². The summed E-state index contributed by atoms with van der Waals surface area (Å²) in [5.41, 5.74) is 2.72. The topological polar surface area (TPSA) is 48.7 Å². The van der Waals surface area contributed by atoms with Crippen LogP contribution in [-0.2, 0) is 13.6 Å². The van der Waals surface area contributed by atoms with Crippen molar-refractivity contribution >= 4 is 24.7 Å². The minimum atomic E-state index is -3.37. The van der Waals surface area contributed by atoms with Gasteiger partial charge in [-0.15, -0.1) is 0 Å². The molecule has 0 spiro atoms. The maximum absolute atomic E-state index is 12.3. The highest BCUT2D eigenvalue weighted by molar-refractivity contribution is 7.61. The Bertz CT molecular complexity index is 610. The van der Waals surface area contributed by atoms with E-state index in [9.17, 15) is 4.57 Å². The van der Waals surface area contributed by atoms with Crippen LogP contribution >= 0.6 is 19.2 Å². The van der Waals surface area contributed by atoms with Crippen molar-refractivity contribution < 1.29 is 18.0 Å². The number of rotatable bonds is 4. The van der Waals surface area contributed by atoms with Crippen LogP contribution in [0, 0.1) is 6.92 Å². The summed E-state index contributed by atoms with van der Waals surface area (Å²) in [7, 11) is -0.718. The van der Waals surface area contributed by atoms with Gasteiger partial charge < -0.3 is 13.5 Å². The first-order chi connectivity index (χ1) is 9.01. The fourth-order valence-corrected chi connectivity index (χ4v) is 3.15. The van der Waals surface area contributed by atoms with Crippen LogP contribution in [0.4, 0.5) is 0 Å². The summed E-state index contributed by atoms with van der Waals surface area (Å²) in [4.78, 5) is 0. The van der Waals surface area contributed by atoms with Gasteiger partial charge in [-0.3, -0.25) is 4.57 Å². The van der Waals surface area contributed by atoms with Gasteiger partial charge in [-0.1, -0.05) is 23.7 Å². The summed E-state index contributed by atoms with van der Waals surface area (Å²) in [6, 6.07) is 7.31. The second-order valence-electron chi connectivity index (χ2n) is 3.95. The second-order valence-corrected chi connectivity index (χ2v) is 6.52. The van der Waals surface area contributed by atoms with E-state index in [1.54, 1.807) is 18.4 Å². The molecule has 0 saturated carbocycles. The number of hydrogen-bond donors (Lipinski definition) is 0. The van der Waals surface area contributed by atoms with Crippen molar-refractivity contribution in [1.29, 1.82) is 0 Å². The van der Waals surface area contributed by atoms with Crippen molar-refractivity contribution in [3.63, 3.8) is 0 Å². The maximum atomic E-state index is 12.3. The Morgan fingerprint density at radius 2 is 1.74 bits per heavy atom. The molecule has 0 N–H and O–H groups in total. The molecule has 2 aromatic rings. The SMILES string of the molecule is COP(=O)(OC)c1occ(-c2ccc(Cl)cc2)c1C. The second kappa shape index (κ2) is 5.51. The zero-order valence-corrected chi connectivity index (χ0v) is 12.5. The fraction of sp³-hybridized carbons (Fsp3) is 0.231. The van der Waals surface area contributed by atoms with E-state index in [2.05, 4.69) is 0 Å². The van der Waals surface area contributed by atoms with E-state index in [0.717, 1.165) is 16.7 Å². The van der Waals surface area contributed by atoms with Crippen molar-refractivity contribution in [1.82, 2.24) is 0 Å². The van der Waals surface area contributed by atoms with Crippen molar-refractivity contribution in [3.05, 3.63) is 41.1 Å². The molecule has 2 rings (SSSR count). The molecule has 0 radical (unpaired) electrons. The Balaban J connectivity index is 2.49. The molecule has 102 valence electrons. The third-order valence-corrected chi connectivity index (χ3v) is 5.05. The van der Waals surface area contributed by atoms with Gasteiger partial charge >= 0.3 is 7.60 Å². The molecule has 1 aromatic heterocycles. The van der Waals surface area contributed by atoms with E-state index in [1.807, 2.05) is 19.1 Å². The molecule has 0 saturated heterocycles. The van der Waals surface area contributed by atoms with Gasteiger partial charge in [0.15, 0.2) is 0 Å². The summed E-state index contributed by atoms with van der Waals surface area (Å²) in [5, 5.41) is 0.657. The van der Waals surface area contributed by atoms with Gasteiger partial charge in [-0.05, 0) is 24.6 Å². The van der Waals surface area contributed by atoms with Crippen molar-refractivity contribution in [2.75, 3.05) is 14.2 Å². The highest BCUT2D eigenvalue weighted by Gasteiger charge is 2.32. The first-order valence-electron chi connectivity index (χ1n) is 5.58. The van der Waals surface area contributed by atoms with Crippen molar-refractivity contribution in [2.45, 2.75) is 6.92 Å². The molecule has 0 aliphatic carbocycles. The molecule has 0 fully saturated rings. The lowest BCUT2D eigenvalue weighted by Crippen LogP contribution is -2.08. The third-order valence-electron chi connectivity index (χ3n) is 2.90. The minimum Gasteiger partial charge on any atom is -0.455 e. The van der Waals surface area contributed by atoms with Crippen LogP contribution in [0.2, 0.25) is 5.02 Å². The molecular formula is C13H14ClO4P. The van der Waals surface area contributed by atoms with Gasteiger partial charge in [0, 0.05) is 30.4 Å². The van der Waals surface area contributed by atoms with E-state index in [0.29, 0.717) is 5.02 Å². The van der Waals surface area contributed by atoms with E-state index in [-0.39, 0.29) is 5.50 Å². The van der Waals surface area contributed by atoms with Crippen LogP contribution in [0.1, 0.15) is 5.56 Å². The molecule has 1 heterocycles. The summed E-state index contributed by atoms with van der Waals surface area (Å²) in [6.07, 6.45) is 1.54. The average Bonchev–Trinajstić information content (AvgIpc) is 2.81. The summed E-state index contributed by atoms with van der Waals surface area (Å²) < 4.78 is 27.6. The molecule has 0 unspecified atom stereocenters. The highest BCUT2D eigenvalue weighted by Crippen LogP contribution is 2.47. The van der Waals surface area contributed by atoms with E-state index >= 15 is 0 Å². The number of furan rings is 1. The van der Waals surface area contributed by atoms with Crippen LogP contribution in [-0.4, -0.2) is 14.2 Å². The predicted molar refractivity (Wildman–Crippen MR) is 75.1 cm³/mol. The molecule has 0 amide bonds. The normalized spacial score (nSPS) is 11.8. The van der Waals surface area contributed by atoms with Gasteiger partial charge in [0.1, 0.15) is 0 Å². The van der Waals surface area contributed by atoms with Crippen LogP contribution in [0.5, 0.6) is 0 Å². The van der Waals surface area contributed by atoms with Crippen LogP contribution in [0.3, 0.4) is 0 Å². The Hall–Kier alpha value is -1.06. The standard InChI is InChI=1S/C13H14ClO4P/c1-9-12(10-4-6-11(14)7-5-10)8-18-13(9)19(15,16-2)17-3/h4-8H,1-3H3. The summed E-state index contributed by atoms with van der Waals surface area (Å²) in [5.74, 6) is 0. The first kappa shape index (κ1) is 14.4. The fourth-order valence-electron chi connectivity index (χ4n) is 1.83. The van der Waals surface area contributed by atoms with Crippen molar-refractivity contribution in [2.24, 2.45) is 0 Å². The smallest absolute Gasteiger partial charge is 0.396 e. The molecule has 0 aliphatic rings. The number of hydrogen-bond acceptors (Lipinski definition) is 4. The molecule has 1 aromatic carbocycles. The van der Waals surface area contributed by atoms with Crippen molar-refractivity contribution in [3.8, 4) is 11.1 Å². The number of benzene rings is 1.